The molecular weight excluding hydrogens is 300 g/mol. The first-order chi connectivity index (χ1) is 11.7. The molecule has 0 unspecified atom stereocenters. The van der Waals surface area contributed by atoms with Crippen LogP contribution in [0.3, 0.4) is 0 Å². The molecule has 1 aliphatic heterocycles. The van der Waals surface area contributed by atoms with Gasteiger partial charge in [-0.2, -0.15) is 0 Å². The normalized spacial score (nSPS) is 22.5. The number of amides is 1. The van der Waals surface area contributed by atoms with E-state index in [1.807, 2.05) is 30.3 Å². The van der Waals surface area contributed by atoms with Crippen LogP contribution in [0, 0.1) is 0 Å². The maximum atomic E-state index is 12.1. The number of ether oxygens (including phenoxy) is 1. The number of para-hydroxylation sites is 1. The Hall–Kier alpha value is -1.55. The van der Waals surface area contributed by atoms with Crippen LogP contribution in [0.4, 0.5) is 0 Å². The van der Waals surface area contributed by atoms with E-state index >= 15 is 0 Å². The van der Waals surface area contributed by atoms with Gasteiger partial charge in [-0.15, -0.1) is 0 Å². The zero-order valence-electron chi connectivity index (χ0n) is 14.8. The molecule has 0 N–H and O–H groups in total. The summed E-state index contributed by atoms with van der Waals surface area (Å²) in [6.07, 6.45) is 7.10. The number of carbonyl (C=O) groups excluding carboxylic acids is 1. The van der Waals surface area contributed by atoms with E-state index in [9.17, 15) is 4.79 Å². The van der Waals surface area contributed by atoms with Gasteiger partial charge in [0.15, 0.2) is 0 Å². The number of benzene rings is 1. The second-order valence-electron chi connectivity index (χ2n) is 7.10. The van der Waals surface area contributed by atoms with Crippen LogP contribution in [-0.2, 0) is 4.79 Å². The van der Waals surface area contributed by atoms with Crippen molar-refractivity contribution in [3.8, 4) is 5.75 Å². The van der Waals surface area contributed by atoms with E-state index in [2.05, 4.69) is 9.80 Å². The lowest BCUT2D eigenvalue weighted by molar-refractivity contribution is -0.136. The lowest BCUT2D eigenvalue weighted by Gasteiger charge is -2.42. The van der Waals surface area contributed by atoms with Gasteiger partial charge in [-0.25, -0.2) is 0 Å². The number of carbonyl (C=O) groups is 1. The molecule has 2 fully saturated rings. The topological polar surface area (TPSA) is 32.8 Å². The molecule has 1 amide bonds. The average molecular weight is 330 g/mol. The Morgan fingerprint density at radius 3 is 2.46 bits per heavy atom. The third-order valence-electron chi connectivity index (χ3n) is 5.43. The van der Waals surface area contributed by atoms with Crippen LogP contribution in [0.15, 0.2) is 30.3 Å². The van der Waals surface area contributed by atoms with Crippen molar-refractivity contribution in [2.45, 2.75) is 57.5 Å². The summed E-state index contributed by atoms with van der Waals surface area (Å²) < 4.78 is 5.82. The summed E-state index contributed by atoms with van der Waals surface area (Å²) in [4.78, 5) is 16.8. The zero-order valence-corrected chi connectivity index (χ0v) is 14.8. The minimum Gasteiger partial charge on any atom is -0.492 e. The van der Waals surface area contributed by atoms with E-state index < -0.39 is 0 Å². The van der Waals surface area contributed by atoms with Crippen LogP contribution < -0.4 is 4.74 Å². The summed E-state index contributed by atoms with van der Waals surface area (Å²) in [5, 5.41) is 0. The predicted octanol–water partition coefficient (Wildman–Crippen LogP) is 3.32. The SMILES string of the molecule is CC(=O)N(C1CCC1)[C@@H]1CCCN(CCOc2ccccc2)CC1. The van der Waals surface area contributed by atoms with Crippen molar-refractivity contribution in [3.63, 3.8) is 0 Å². The second kappa shape index (κ2) is 8.52. The molecule has 1 heterocycles. The van der Waals surface area contributed by atoms with Gasteiger partial charge in [0.05, 0.1) is 0 Å². The molecule has 132 valence electrons. The third-order valence-corrected chi connectivity index (χ3v) is 5.43. The quantitative estimate of drug-likeness (QED) is 0.802. The lowest BCUT2D eigenvalue weighted by atomic mass is 9.89. The molecule has 2 aliphatic rings. The molecule has 0 spiro atoms. The van der Waals surface area contributed by atoms with Crippen LogP contribution in [0.2, 0.25) is 0 Å². The summed E-state index contributed by atoms with van der Waals surface area (Å²) >= 11 is 0. The Bertz CT molecular complexity index is 516. The summed E-state index contributed by atoms with van der Waals surface area (Å²) in [5.74, 6) is 1.21. The molecule has 1 aliphatic carbocycles. The average Bonchev–Trinajstić information content (AvgIpc) is 2.77. The zero-order chi connectivity index (χ0) is 16.8. The molecule has 1 aromatic carbocycles. The van der Waals surface area contributed by atoms with Crippen LogP contribution in [0.25, 0.3) is 0 Å². The maximum Gasteiger partial charge on any atom is 0.219 e. The number of nitrogens with zero attached hydrogens (tertiary/aromatic N) is 2. The summed E-state index contributed by atoms with van der Waals surface area (Å²) in [6, 6.07) is 11.0. The Morgan fingerprint density at radius 2 is 1.79 bits per heavy atom. The highest BCUT2D eigenvalue weighted by atomic mass is 16.5. The monoisotopic (exact) mass is 330 g/mol. The first-order valence-electron chi connectivity index (χ1n) is 9.43. The molecule has 1 saturated heterocycles. The predicted molar refractivity (Wildman–Crippen MR) is 96.2 cm³/mol. The first-order valence-corrected chi connectivity index (χ1v) is 9.43. The van der Waals surface area contributed by atoms with Crippen molar-refractivity contribution in [1.29, 1.82) is 0 Å². The molecule has 3 rings (SSSR count). The van der Waals surface area contributed by atoms with Crippen molar-refractivity contribution < 1.29 is 9.53 Å². The minimum absolute atomic E-state index is 0.269. The van der Waals surface area contributed by atoms with Crippen molar-refractivity contribution in [2.24, 2.45) is 0 Å². The van der Waals surface area contributed by atoms with Gasteiger partial charge in [-0.1, -0.05) is 18.2 Å². The maximum absolute atomic E-state index is 12.1. The van der Waals surface area contributed by atoms with Crippen molar-refractivity contribution in [2.75, 3.05) is 26.2 Å². The van der Waals surface area contributed by atoms with Gasteiger partial charge in [0.1, 0.15) is 12.4 Å². The number of hydrogen-bond donors (Lipinski definition) is 0. The molecule has 4 heteroatoms. The van der Waals surface area contributed by atoms with Gasteiger partial charge in [-0.3, -0.25) is 9.69 Å². The van der Waals surface area contributed by atoms with Crippen LogP contribution in [-0.4, -0.2) is 54.0 Å². The molecule has 0 radical (unpaired) electrons. The second-order valence-corrected chi connectivity index (χ2v) is 7.10. The Balaban J connectivity index is 1.45. The molecule has 24 heavy (non-hydrogen) atoms. The van der Waals surface area contributed by atoms with Gasteiger partial charge in [0.25, 0.3) is 0 Å². The van der Waals surface area contributed by atoms with E-state index in [4.69, 9.17) is 4.74 Å². The van der Waals surface area contributed by atoms with Crippen LogP contribution >= 0.6 is 0 Å². The number of rotatable bonds is 6. The third kappa shape index (κ3) is 4.50. The van der Waals surface area contributed by atoms with E-state index in [0.29, 0.717) is 12.1 Å². The minimum atomic E-state index is 0.269. The van der Waals surface area contributed by atoms with Crippen molar-refractivity contribution in [3.05, 3.63) is 30.3 Å². The smallest absolute Gasteiger partial charge is 0.219 e. The summed E-state index contributed by atoms with van der Waals surface area (Å²) in [7, 11) is 0. The highest BCUT2D eigenvalue weighted by Crippen LogP contribution is 2.30. The fourth-order valence-corrected chi connectivity index (χ4v) is 3.93. The largest absolute Gasteiger partial charge is 0.492 e. The molecule has 4 nitrogen and oxygen atoms in total. The molecule has 1 saturated carbocycles. The Kier molecular flexibility index (Phi) is 6.13. The summed E-state index contributed by atoms with van der Waals surface area (Å²) in [6.45, 7) is 5.62. The lowest BCUT2D eigenvalue weighted by Crippen LogP contribution is -2.49. The Morgan fingerprint density at radius 1 is 1.08 bits per heavy atom. The molecule has 0 bridgehead atoms. The van der Waals surface area contributed by atoms with Crippen molar-refractivity contribution in [1.82, 2.24) is 9.80 Å². The fourth-order valence-electron chi connectivity index (χ4n) is 3.93. The van der Waals surface area contributed by atoms with Gasteiger partial charge in [0, 0.05) is 32.1 Å². The van der Waals surface area contributed by atoms with E-state index in [0.717, 1.165) is 44.8 Å². The highest BCUT2D eigenvalue weighted by molar-refractivity contribution is 5.74. The molecule has 1 atom stereocenters. The Labute approximate surface area is 145 Å². The van der Waals surface area contributed by atoms with Gasteiger partial charge in [-0.05, 0) is 57.2 Å². The van der Waals surface area contributed by atoms with Crippen LogP contribution in [0.5, 0.6) is 5.75 Å². The number of hydrogen-bond acceptors (Lipinski definition) is 3. The standard InChI is InChI=1S/C20H30N2O2/c1-17(23)22(18-7-5-8-18)19-9-6-13-21(14-12-19)15-16-24-20-10-3-2-4-11-20/h2-4,10-11,18-19H,5-9,12-16H2,1H3/t19-/m1/s1. The first kappa shape index (κ1) is 17.3. The van der Waals surface area contributed by atoms with Crippen molar-refractivity contribution >= 4 is 5.91 Å². The molecule has 0 aromatic heterocycles. The van der Waals surface area contributed by atoms with E-state index in [-0.39, 0.29) is 5.91 Å². The molecular formula is C20H30N2O2. The van der Waals surface area contributed by atoms with Gasteiger partial charge in [0.2, 0.25) is 5.91 Å². The highest BCUT2D eigenvalue weighted by Gasteiger charge is 2.33. The number of likely N-dealkylation sites (tertiary alicyclic amines) is 1. The summed E-state index contributed by atoms with van der Waals surface area (Å²) in [5.41, 5.74) is 0. The fraction of sp³-hybridized carbons (Fsp3) is 0.650. The van der Waals surface area contributed by atoms with E-state index in [1.165, 1.54) is 25.7 Å². The van der Waals surface area contributed by atoms with Gasteiger partial charge < -0.3 is 9.64 Å². The van der Waals surface area contributed by atoms with Gasteiger partial charge >= 0.3 is 0 Å². The molecule has 1 aromatic rings. The van der Waals surface area contributed by atoms with Crippen LogP contribution in [0.1, 0.15) is 45.4 Å². The van der Waals surface area contributed by atoms with E-state index in [1.54, 1.807) is 6.92 Å².